The predicted molar refractivity (Wildman–Crippen MR) is 96.7 cm³/mol. The number of carbonyl (C=O) groups excluding carboxylic acids is 1. The summed E-state index contributed by atoms with van der Waals surface area (Å²) in [7, 11) is 1.82. The zero-order valence-corrected chi connectivity index (χ0v) is 14.7. The summed E-state index contributed by atoms with van der Waals surface area (Å²) in [6, 6.07) is 11.0. The van der Waals surface area contributed by atoms with E-state index < -0.39 is 5.54 Å². The lowest BCUT2D eigenvalue weighted by Gasteiger charge is -2.27. The van der Waals surface area contributed by atoms with Gasteiger partial charge >= 0.3 is 0 Å². The molecule has 1 fully saturated rings. The molecule has 2 aromatic heterocycles. The molecule has 1 aromatic carbocycles. The normalized spacial score (nSPS) is 17.0. The van der Waals surface area contributed by atoms with Gasteiger partial charge < -0.3 is 9.47 Å². The molecule has 0 N–H and O–H groups in total. The van der Waals surface area contributed by atoms with Crippen molar-refractivity contribution in [1.82, 2.24) is 14.5 Å². The van der Waals surface area contributed by atoms with Gasteiger partial charge in [-0.3, -0.25) is 9.78 Å². The molecule has 1 saturated carbocycles. The van der Waals surface area contributed by atoms with Gasteiger partial charge in [0.2, 0.25) is 0 Å². The van der Waals surface area contributed by atoms with Crippen LogP contribution < -0.4 is 0 Å². The number of carbonyl (C=O) groups is 1. The highest BCUT2D eigenvalue weighted by Gasteiger charge is 2.53. The van der Waals surface area contributed by atoms with E-state index in [9.17, 15) is 4.79 Å². The van der Waals surface area contributed by atoms with E-state index in [4.69, 9.17) is 0 Å². The third kappa shape index (κ3) is 1.83. The lowest BCUT2D eigenvalue weighted by molar-refractivity contribution is 0.0705. The fourth-order valence-electron chi connectivity index (χ4n) is 4.17. The van der Waals surface area contributed by atoms with Crippen LogP contribution in [0.15, 0.2) is 48.8 Å². The Balaban J connectivity index is 1.85. The third-order valence-corrected chi connectivity index (χ3v) is 5.79. The Kier molecular flexibility index (Phi) is 2.97. The second-order valence-corrected chi connectivity index (χ2v) is 7.12. The SMILES string of the molecule is Cc1ncccc1-c1ccc2c(c1F)-n1cccc1C(=O)N(C)C21CC1. The van der Waals surface area contributed by atoms with Crippen molar-refractivity contribution in [3.05, 3.63) is 71.6 Å². The Hall–Kier alpha value is -2.95. The van der Waals surface area contributed by atoms with Crippen LogP contribution in [0.1, 0.15) is 34.6 Å². The van der Waals surface area contributed by atoms with Gasteiger partial charge in [-0.1, -0.05) is 18.2 Å². The standard InChI is InChI=1S/C21H18FN3O/c1-13-14(5-3-11-23-13)15-7-8-16-19(18(15)22)25-12-4-6-17(25)20(26)24(2)21(16)9-10-21/h3-8,11-12H,9-10H2,1-2H3. The van der Waals surface area contributed by atoms with Gasteiger partial charge in [0.25, 0.3) is 5.91 Å². The molecule has 3 heterocycles. The molecule has 0 radical (unpaired) electrons. The number of benzene rings is 1. The first-order chi connectivity index (χ1) is 12.5. The molecule has 1 aliphatic carbocycles. The molecule has 4 nitrogen and oxygen atoms in total. The van der Waals surface area contributed by atoms with Crippen molar-refractivity contribution < 1.29 is 9.18 Å². The summed E-state index contributed by atoms with van der Waals surface area (Å²) in [5.41, 5.74) is 3.54. The zero-order valence-electron chi connectivity index (χ0n) is 14.7. The van der Waals surface area contributed by atoms with Crippen molar-refractivity contribution >= 4 is 5.91 Å². The van der Waals surface area contributed by atoms with E-state index in [0.717, 1.165) is 29.7 Å². The molecule has 0 atom stereocenters. The second kappa shape index (κ2) is 5.04. The molecule has 1 spiro atoms. The maximum Gasteiger partial charge on any atom is 0.271 e. The monoisotopic (exact) mass is 347 g/mol. The van der Waals surface area contributed by atoms with Crippen LogP contribution in [0, 0.1) is 12.7 Å². The van der Waals surface area contributed by atoms with Gasteiger partial charge in [-0.2, -0.15) is 0 Å². The number of fused-ring (bicyclic) bond motifs is 4. The van der Waals surface area contributed by atoms with Crippen LogP contribution in [0.4, 0.5) is 4.39 Å². The molecule has 0 bridgehead atoms. The van der Waals surface area contributed by atoms with Crippen molar-refractivity contribution in [2.75, 3.05) is 7.05 Å². The molecular weight excluding hydrogens is 329 g/mol. The smallest absolute Gasteiger partial charge is 0.271 e. The minimum Gasteiger partial charge on any atom is -0.331 e. The predicted octanol–water partition coefficient (Wildman–Crippen LogP) is 4.06. The van der Waals surface area contributed by atoms with Crippen LogP contribution in [0.5, 0.6) is 0 Å². The number of rotatable bonds is 1. The summed E-state index contributed by atoms with van der Waals surface area (Å²) in [6.07, 6.45) is 5.19. The topological polar surface area (TPSA) is 38.1 Å². The molecule has 0 unspecified atom stereocenters. The largest absolute Gasteiger partial charge is 0.331 e. The molecule has 26 heavy (non-hydrogen) atoms. The van der Waals surface area contributed by atoms with E-state index in [0.29, 0.717) is 16.9 Å². The van der Waals surface area contributed by atoms with E-state index in [1.807, 2.05) is 38.2 Å². The van der Waals surface area contributed by atoms with Gasteiger partial charge in [-0.05, 0) is 38.0 Å². The van der Waals surface area contributed by atoms with E-state index in [1.165, 1.54) is 0 Å². The number of pyridine rings is 1. The molecule has 5 rings (SSSR count). The zero-order chi connectivity index (χ0) is 18.1. The first-order valence-electron chi connectivity index (χ1n) is 8.75. The Morgan fingerprint density at radius 1 is 1.12 bits per heavy atom. The Bertz CT molecular complexity index is 1060. The highest BCUT2D eigenvalue weighted by atomic mass is 19.1. The number of aromatic nitrogens is 2. The van der Waals surface area contributed by atoms with Crippen LogP contribution in [0.3, 0.4) is 0 Å². The molecule has 5 heteroatoms. The Morgan fingerprint density at radius 2 is 1.92 bits per heavy atom. The molecule has 3 aromatic rings. The Labute approximate surface area is 150 Å². The number of hydrogen-bond acceptors (Lipinski definition) is 2. The van der Waals surface area contributed by atoms with Crippen LogP contribution in [0.2, 0.25) is 0 Å². The summed E-state index contributed by atoms with van der Waals surface area (Å²) in [6.45, 7) is 1.88. The number of hydrogen-bond donors (Lipinski definition) is 0. The Morgan fingerprint density at radius 3 is 2.65 bits per heavy atom. The van der Waals surface area contributed by atoms with Gasteiger partial charge in [0.05, 0.1) is 11.2 Å². The van der Waals surface area contributed by atoms with Crippen molar-refractivity contribution in [3.8, 4) is 16.8 Å². The van der Waals surface area contributed by atoms with Crippen molar-refractivity contribution in [2.45, 2.75) is 25.3 Å². The van der Waals surface area contributed by atoms with Gasteiger partial charge in [-0.25, -0.2) is 4.39 Å². The van der Waals surface area contributed by atoms with Crippen molar-refractivity contribution in [1.29, 1.82) is 0 Å². The van der Waals surface area contributed by atoms with Crippen molar-refractivity contribution in [2.24, 2.45) is 0 Å². The van der Waals surface area contributed by atoms with E-state index >= 15 is 4.39 Å². The summed E-state index contributed by atoms with van der Waals surface area (Å²) >= 11 is 0. The third-order valence-electron chi connectivity index (χ3n) is 5.79. The number of amides is 1. The highest BCUT2D eigenvalue weighted by Crippen LogP contribution is 2.55. The fraction of sp³-hybridized carbons (Fsp3) is 0.238. The lowest BCUT2D eigenvalue weighted by atomic mass is 9.95. The van der Waals surface area contributed by atoms with Crippen LogP contribution in [-0.4, -0.2) is 27.4 Å². The van der Waals surface area contributed by atoms with E-state index in [1.54, 1.807) is 34.0 Å². The van der Waals surface area contributed by atoms with Crippen LogP contribution in [-0.2, 0) is 5.54 Å². The molecular formula is C21H18FN3O. The second-order valence-electron chi connectivity index (χ2n) is 7.12. The molecule has 1 amide bonds. The van der Waals surface area contributed by atoms with Gasteiger partial charge in [-0.15, -0.1) is 0 Å². The summed E-state index contributed by atoms with van der Waals surface area (Å²) in [4.78, 5) is 19.0. The number of aryl methyl sites for hydroxylation is 1. The average molecular weight is 347 g/mol. The molecule has 130 valence electrons. The molecule has 2 aliphatic rings. The average Bonchev–Trinajstić information content (AvgIpc) is 3.32. The maximum absolute atomic E-state index is 15.8. The van der Waals surface area contributed by atoms with Crippen LogP contribution in [0.25, 0.3) is 16.8 Å². The van der Waals surface area contributed by atoms with Gasteiger partial charge in [0.1, 0.15) is 5.69 Å². The highest BCUT2D eigenvalue weighted by molar-refractivity contribution is 5.95. The van der Waals surface area contributed by atoms with Gasteiger partial charge in [0.15, 0.2) is 5.82 Å². The first-order valence-corrected chi connectivity index (χ1v) is 8.75. The summed E-state index contributed by atoms with van der Waals surface area (Å²) in [5, 5.41) is 0. The molecule has 0 saturated heterocycles. The molecule has 1 aliphatic heterocycles. The van der Waals surface area contributed by atoms with Gasteiger partial charge in [0, 0.05) is 41.8 Å². The fourth-order valence-corrected chi connectivity index (χ4v) is 4.17. The maximum atomic E-state index is 15.8. The quantitative estimate of drug-likeness (QED) is 0.666. The first kappa shape index (κ1) is 15.3. The summed E-state index contributed by atoms with van der Waals surface area (Å²) < 4.78 is 17.5. The van der Waals surface area contributed by atoms with Crippen LogP contribution >= 0.6 is 0 Å². The minimum absolute atomic E-state index is 0.0674. The number of halogens is 1. The van der Waals surface area contributed by atoms with E-state index in [-0.39, 0.29) is 11.7 Å². The minimum atomic E-state index is -0.394. The van der Waals surface area contributed by atoms with Crippen molar-refractivity contribution in [3.63, 3.8) is 0 Å². The summed E-state index contributed by atoms with van der Waals surface area (Å²) in [5.74, 6) is -0.368. The lowest BCUT2D eigenvalue weighted by Crippen LogP contribution is -2.36. The van der Waals surface area contributed by atoms with E-state index in [2.05, 4.69) is 4.98 Å². The number of nitrogens with zero attached hydrogens (tertiary/aromatic N) is 3.